The number of benzene rings is 3. The lowest BCUT2D eigenvalue weighted by atomic mass is 9.36. The maximum absolute atomic E-state index is 2.30. The van der Waals surface area contributed by atoms with Crippen molar-refractivity contribution < 1.29 is 0 Å². The Morgan fingerprint density at radius 3 is 1.54 bits per heavy atom. The van der Waals surface area contributed by atoms with Crippen molar-refractivity contribution in [3.63, 3.8) is 0 Å². The Hall–Kier alpha value is -1.85. The smallest absolute Gasteiger partial charge is 0.0687 e. The van der Waals surface area contributed by atoms with Gasteiger partial charge >= 0.3 is 0 Å². The van der Waals surface area contributed by atoms with Gasteiger partial charge in [0.1, 0.15) is 0 Å². The minimum atomic E-state index is -0.389. The largest absolute Gasteiger partial charge is 0.241 e. The summed E-state index contributed by atoms with van der Waals surface area (Å²) in [5.41, 5.74) is 5.65. The number of rotatable bonds is 6. The summed E-state index contributed by atoms with van der Waals surface area (Å²) in [7, 11) is -0.389. The molecule has 3 aromatic rings. The van der Waals surface area contributed by atoms with Gasteiger partial charge in [-0.25, -0.2) is 0 Å². The summed E-state index contributed by atoms with van der Waals surface area (Å²) in [4.78, 5) is 0. The monoisotopic (exact) mass is 389 g/mol. The van der Waals surface area contributed by atoms with Gasteiger partial charge in [-0.15, -0.1) is 0 Å². The van der Waals surface area contributed by atoms with E-state index in [9.17, 15) is 0 Å². The van der Waals surface area contributed by atoms with Gasteiger partial charge in [0, 0.05) is 33.9 Å². The summed E-state index contributed by atoms with van der Waals surface area (Å²) in [5, 5.41) is 0. The molecule has 0 saturated heterocycles. The first-order valence-electron chi connectivity index (χ1n) is 10.4. The van der Waals surface area contributed by atoms with Gasteiger partial charge in [-0.2, -0.15) is 0 Å². The minimum absolute atomic E-state index is 0.311. The molecule has 0 bridgehead atoms. The van der Waals surface area contributed by atoms with Crippen LogP contribution >= 0.6 is 7.26 Å². The topological polar surface area (TPSA) is 0 Å². The van der Waals surface area contributed by atoms with E-state index < -0.39 is 0 Å². The molecule has 0 unspecified atom stereocenters. The number of unbranched alkanes of at least 4 members (excludes halogenated alkanes) is 1. The van der Waals surface area contributed by atoms with E-state index in [0.29, 0.717) is 6.71 Å². The van der Waals surface area contributed by atoms with E-state index in [4.69, 9.17) is 0 Å². The fraction of sp³-hybridized carbons (Fsp3) is 0.308. The first kappa shape index (κ1) is 22.4. The van der Waals surface area contributed by atoms with Crippen LogP contribution in [0.5, 0.6) is 0 Å². The van der Waals surface area contributed by atoms with Gasteiger partial charge in [0.15, 0.2) is 0 Å². The highest BCUT2D eigenvalue weighted by atomic mass is 31.2. The SMILES string of the molecule is CCCCc1ccccc1B(c1ccccc1)c1ccccc1.C[P+](C)(C)C. The molecule has 3 rings (SSSR count). The van der Waals surface area contributed by atoms with E-state index >= 15 is 0 Å². The normalized spacial score (nSPS) is 10.8. The molecule has 0 spiro atoms. The van der Waals surface area contributed by atoms with Crippen LogP contribution in [-0.4, -0.2) is 33.4 Å². The van der Waals surface area contributed by atoms with E-state index in [1.807, 2.05) is 0 Å². The molecule has 0 heterocycles. The lowest BCUT2D eigenvalue weighted by Gasteiger charge is -2.19. The Bertz CT molecular complexity index is 761. The second kappa shape index (κ2) is 11.2. The Balaban J connectivity index is 0.000000500. The molecule has 0 nitrogen and oxygen atoms in total. The molecule has 3 aromatic carbocycles. The van der Waals surface area contributed by atoms with Crippen molar-refractivity contribution in [1.82, 2.24) is 0 Å². The summed E-state index contributed by atoms with van der Waals surface area (Å²) in [6.45, 7) is 11.8. The maximum atomic E-state index is 2.30. The molecular formula is C26H35BP+. The highest BCUT2D eigenvalue weighted by Crippen LogP contribution is 2.40. The van der Waals surface area contributed by atoms with Crippen LogP contribution in [-0.2, 0) is 6.42 Å². The molecule has 0 aliphatic carbocycles. The van der Waals surface area contributed by atoms with E-state index in [2.05, 4.69) is 119 Å². The highest BCUT2D eigenvalue weighted by molar-refractivity contribution is 7.73. The molecular weight excluding hydrogens is 354 g/mol. The fourth-order valence-electron chi connectivity index (χ4n) is 3.25. The van der Waals surface area contributed by atoms with Crippen molar-refractivity contribution in [3.8, 4) is 0 Å². The molecule has 0 atom stereocenters. The summed E-state index contributed by atoms with van der Waals surface area (Å²) < 4.78 is 0. The van der Waals surface area contributed by atoms with Crippen LogP contribution in [0.3, 0.4) is 0 Å². The zero-order valence-electron chi connectivity index (χ0n) is 18.2. The summed E-state index contributed by atoms with van der Waals surface area (Å²) >= 11 is 0. The van der Waals surface area contributed by atoms with Crippen molar-refractivity contribution in [1.29, 1.82) is 0 Å². The van der Waals surface area contributed by atoms with E-state index in [-0.39, 0.29) is 7.26 Å². The summed E-state index contributed by atoms with van der Waals surface area (Å²) in [6.07, 6.45) is 3.63. The van der Waals surface area contributed by atoms with Crippen molar-refractivity contribution in [2.24, 2.45) is 0 Å². The summed E-state index contributed by atoms with van der Waals surface area (Å²) in [6, 6.07) is 30.7. The molecule has 2 heteroatoms. The van der Waals surface area contributed by atoms with Crippen LogP contribution in [0.15, 0.2) is 84.9 Å². The van der Waals surface area contributed by atoms with Gasteiger partial charge in [-0.3, -0.25) is 0 Å². The van der Waals surface area contributed by atoms with Crippen LogP contribution in [0, 0.1) is 0 Å². The Kier molecular flexibility index (Phi) is 9.00. The van der Waals surface area contributed by atoms with Crippen molar-refractivity contribution >= 4 is 30.4 Å². The quantitative estimate of drug-likeness (QED) is 0.408. The third-order valence-electron chi connectivity index (χ3n) is 4.43. The zero-order valence-corrected chi connectivity index (χ0v) is 19.1. The molecule has 28 heavy (non-hydrogen) atoms. The van der Waals surface area contributed by atoms with E-state index in [0.717, 1.165) is 6.42 Å². The van der Waals surface area contributed by atoms with Gasteiger partial charge in [0.05, 0.1) is 0 Å². The Morgan fingerprint density at radius 2 is 1.07 bits per heavy atom. The molecule has 0 aliphatic rings. The van der Waals surface area contributed by atoms with Gasteiger partial charge in [0.25, 0.3) is 0 Å². The standard InChI is InChI=1S/C22H23B.C4H12P/c1-2-3-12-19-13-10-11-18-22(19)23(20-14-6-4-7-15-20)21-16-8-5-9-17-21;1-5(2,3)4/h4-11,13-18H,2-3,12H2,1H3;1-4H3/q;+1. The first-order chi connectivity index (χ1) is 13.4. The lowest BCUT2D eigenvalue weighted by molar-refractivity contribution is 0.798. The van der Waals surface area contributed by atoms with Crippen LogP contribution in [0.25, 0.3) is 0 Å². The van der Waals surface area contributed by atoms with Gasteiger partial charge < -0.3 is 0 Å². The third kappa shape index (κ3) is 7.65. The number of hydrogen-bond donors (Lipinski definition) is 0. The Morgan fingerprint density at radius 1 is 0.643 bits per heavy atom. The Labute approximate surface area is 173 Å². The van der Waals surface area contributed by atoms with Gasteiger partial charge in [0.2, 0.25) is 6.71 Å². The van der Waals surface area contributed by atoms with Crippen molar-refractivity contribution in [2.45, 2.75) is 26.2 Å². The van der Waals surface area contributed by atoms with Crippen LogP contribution < -0.4 is 16.4 Å². The lowest BCUT2D eigenvalue weighted by Crippen LogP contribution is -2.53. The summed E-state index contributed by atoms with van der Waals surface area (Å²) in [5.74, 6) is 0. The second-order valence-electron chi connectivity index (χ2n) is 8.74. The maximum Gasteiger partial charge on any atom is 0.241 e. The van der Waals surface area contributed by atoms with Crippen molar-refractivity contribution in [3.05, 3.63) is 90.5 Å². The predicted molar refractivity (Wildman–Crippen MR) is 133 cm³/mol. The molecule has 0 saturated carbocycles. The molecule has 0 N–H and O–H groups in total. The van der Waals surface area contributed by atoms with Gasteiger partial charge in [-0.05, 0) is 12.8 Å². The molecule has 0 radical (unpaired) electrons. The fourth-order valence-corrected chi connectivity index (χ4v) is 3.25. The number of aryl methyl sites for hydroxylation is 1. The first-order valence-corrected chi connectivity index (χ1v) is 13.9. The molecule has 146 valence electrons. The predicted octanol–water partition coefficient (Wildman–Crippen LogP) is 5.07. The molecule has 0 aliphatic heterocycles. The zero-order chi connectivity index (χ0) is 20.4. The van der Waals surface area contributed by atoms with Crippen LogP contribution in [0.2, 0.25) is 0 Å². The third-order valence-corrected chi connectivity index (χ3v) is 4.43. The molecule has 0 amide bonds. The van der Waals surface area contributed by atoms with Crippen molar-refractivity contribution in [2.75, 3.05) is 26.7 Å². The van der Waals surface area contributed by atoms with E-state index in [1.165, 1.54) is 34.8 Å². The molecule has 0 fully saturated rings. The average Bonchev–Trinajstić information content (AvgIpc) is 2.68. The highest BCUT2D eigenvalue weighted by Gasteiger charge is 2.23. The number of hydrogen-bond acceptors (Lipinski definition) is 0. The van der Waals surface area contributed by atoms with E-state index in [1.54, 1.807) is 0 Å². The van der Waals surface area contributed by atoms with Gasteiger partial charge in [-0.1, -0.05) is 120 Å². The molecule has 0 aromatic heterocycles. The van der Waals surface area contributed by atoms with Crippen LogP contribution in [0.1, 0.15) is 25.3 Å². The minimum Gasteiger partial charge on any atom is -0.0687 e. The van der Waals surface area contributed by atoms with Crippen LogP contribution in [0.4, 0.5) is 0 Å². The average molecular weight is 389 g/mol. The second-order valence-corrected chi connectivity index (χ2v) is 14.1.